The molecule has 1 aromatic rings. The Hall–Kier alpha value is -1.42. The number of halogens is 1. The van der Waals surface area contributed by atoms with E-state index in [1.165, 1.54) is 13.8 Å². The van der Waals surface area contributed by atoms with E-state index in [0.717, 1.165) is 5.56 Å². The average molecular weight is 253 g/mol. The number of alkyl halides is 1. The first-order valence-corrected chi connectivity index (χ1v) is 6.08. The number of nitrogens with one attached hydrogen (secondary N) is 1. The Balaban J connectivity index is 2.62. The van der Waals surface area contributed by atoms with E-state index in [9.17, 15) is 9.18 Å². The van der Waals surface area contributed by atoms with Gasteiger partial charge >= 0.3 is 0 Å². The lowest BCUT2D eigenvalue weighted by Gasteiger charge is -2.20. The Morgan fingerprint density at radius 2 is 2.00 bits per heavy atom. The van der Waals surface area contributed by atoms with E-state index >= 15 is 0 Å². The molecule has 1 atom stereocenters. The average Bonchev–Trinajstić information content (AvgIpc) is 2.34. The SMILES string of the molecule is CC(C)(F)C(=O)NCC(CCO)c1ccccc1. The Bertz CT molecular complexity index is 373. The summed E-state index contributed by atoms with van der Waals surface area (Å²) < 4.78 is 13.4. The fourth-order valence-corrected chi connectivity index (χ4v) is 1.69. The molecule has 0 aliphatic heterocycles. The molecule has 0 saturated heterocycles. The van der Waals surface area contributed by atoms with Gasteiger partial charge in [-0.05, 0) is 25.8 Å². The Morgan fingerprint density at radius 1 is 1.39 bits per heavy atom. The van der Waals surface area contributed by atoms with Crippen molar-refractivity contribution in [3.63, 3.8) is 0 Å². The van der Waals surface area contributed by atoms with Gasteiger partial charge in [-0.2, -0.15) is 0 Å². The van der Waals surface area contributed by atoms with Crippen molar-refractivity contribution in [1.29, 1.82) is 0 Å². The number of carbonyl (C=O) groups excluding carboxylic acids is 1. The van der Waals surface area contributed by atoms with E-state index in [2.05, 4.69) is 5.32 Å². The highest BCUT2D eigenvalue weighted by Gasteiger charge is 2.26. The Labute approximate surface area is 107 Å². The molecule has 1 unspecified atom stereocenters. The van der Waals surface area contributed by atoms with Crippen LogP contribution in [-0.2, 0) is 4.79 Å². The van der Waals surface area contributed by atoms with E-state index in [1.54, 1.807) is 0 Å². The number of amides is 1. The van der Waals surface area contributed by atoms with Crippen LogP contribution in [0.2, 0.25) is 0 Å². The first kappa shape index (κ1) is 14.6. The largest absolute Gasteiger partial charge is 0.396 e. The molecule has 0 fully saturated rings. The van der Waals surface area contributed by atoms with Gasteiger partial charge in [-0.15, -0.1) is 0 Å². The van der Waals surface area contributed by atoms with Crippen LogP contribution in [0.4, 0.5) is 4.39 Å². The van der Waals surface area contributed by atoms with Crippen LogP contribution >= 0.6 is 0 Å². The summed E-state index contributed by atoms with van der Waals surface area (Å²) in [7, 11) is 0. The molecule has 1 rings (SSSR count). The number of rotatable bonds is 6. The molecule has 100 valence electrons. The van der Waals surface area contributed by atoms with Gasteiger partial charge in [-0.1, -0.05) is 30.3 Å². The molecule has 0 spiro atoms. The van der Waals surface area contributed by atoms with Gasteiger partial charge in [0.2, 0.25) is 0 Å². The summed E-state index contributed by atoms with van der Waals surface area (Å²) in [6.07, 6.45) is 0.539. The van der Waals surface area contributed by atoms with Gasteiger partial charge in [-0.25, -0.2) is 4.39 Å². The van der Waals surface area contributed by atoms with Gasteiger partial charge in [0.15, 0.2) is 5.67 Å². The first-order valence-electron chi connectivity index (χ1n) is 6.08. The van der Waals surface area contributed by atoms with Crippen molar-refractivity contribution < 1.29 is 14.3 Å². The highest BCUT2D eigenvalue weighted by Crippen LogP contribution is 2.18. The lowest BCUT2D eigenvalue weighted by Crippen LogP contribution is -2.40. The van der Waals surface area contributed by atoms with E-state index in [0.29, 0.717) is 13.0 Å². The van der Waals surface area contributed by atoms with Crippen LogP contribution in [0, 0.1) is 0 Å². The molecule has 1 aromatic carbocycles. The minimum Gasteiger partial charge on any atom is -0.396 e. The van der Waals surface area contributed by atoms with Crippen molar-refractivity contribution >= 4 is 5.91 Å². The van der Waals surface area contributed by atoms with E-state index in [4.69, 9.17) is 5.11 Å². The molecule has 18 heavy (non-hydrogen) atoms. The van der Waals surface area contributed by atoms with Crippen molar-refractivity contribution in [3.05, 3.63) is 35.9 Å². The van der Waals surface area contributed by atoms with Gasteiger partial charge in [0.1, 0.15) is 0 Å². The minimum absolute atomic E-state index is 0.00231. The fraction of sp³-hybridized carbons (Fsp3) is 0.500. The van der Waals surface area contributed by atoms with Gasteiger partial charge in [0, 0.05) is 19.1 Å². The lowest BCUT2D eigenvalue weighted by molar-refractivity contribution is -0.130. The number of benzene rings is 1. The predicted molar refractivity (Wildman–Crippen MR) is 69.1 cm³/mol. The number of aliphatic hydroxyl groups excluding tert-OH is 1. The second-order valence-electron chi connectivity index (χ2n) is 4.80. The highest BCUT2D eigenvalue weighted by molar-refractivity contribution is 5.84. The quantitative estimate of drug-likeness (QED) is 0.815. The molecule has 0 aromatic heterocycles. The molecule has 4 heteroatoms. The lowest BCUT2D eigenvalue weighted by atomic mass is 9.96. The first-order chi connectivity index (χ1) is 8.45. The van der Waals surface area contributed by atoms with Crippen LogP contribution < -0.4 is 5.32 Å². The van der Waals surface area contributed by atoms with Gasteiger partial charge in [-0.3, -0.25) is 4.79 Å². The van der Waals surface area contributed by atoms with Crippen LogP contribution in [0.15, 0.2) is 30.3 Å². The molecule has 0 aliphatic rings. The molecule has 0 aliphatic carbocycles. The maximum absolute atomic E-state index is 13.4. The van der Waals surface area contributed by atoms with Gasteiger partial charge < -0.3 is 10.4 Å². The van der Waals surface area contributed by atoms with Crippen LogP contribution in [-0.4, -0.2) is 29.8 Å². The molecule has 0 heterocycles. The summed E-state index contributed by atoms with van der Waals surface area (Å²) in [5, 5.41) is 11.6. The molecule has 2 N–H and O–H groups in total. The third-order valence-electron chi connectivity index (χ3n) is 2.80. The van der Waals surface area contributed by atoms with Crippen LogP contribution in [0.5, 0.6) is 0 Å². The molecule has 1 amide bonds. The molecule has 0 saturated carbocycles. The van der Waals surface area contributed by atoms with E-state index in [1.807, 2.05) is 30.3 Å². The van der Waals surface area contributed by atoms with Crippen LogP contribution in [0.1, 0.15) is 31.7 Å². The zero-order valence-electron chi connectivity index (χ0n) is 10.8. The number of carbonyl (C=O) groups is 1. The number of hydrogen-bond acceptors (Lipinski definition) is 2. The van der Waals surface area contributed by atoms with E-state index < -0.39 is 11.6 Å². The third kappa shape index (κ3) is 4.45. The normalized spacial score (nSPS) is 13.1. The van der Waals surface area contributed by atoms with Crippen LogP contribution in [0.25, 0.3) is 0 Å². The maximum Gasteiger partial charge on any atom is 0.257 e. The van der Waals surface area contributed by atoms with Crippen molar-refractivity contribution in [2.75, 3.05) is 13.2 Å². The second-order valence-corrected chi connectivity index (χ2v) is 4.80. The fourth-order valence-electron chi connectivity index (χ4n) is 1.69. The monoisotopic (exact) mass is 253 g/mol. The van der Waals surface area contributed by atoms with Crippen molar-refractivity contribution in [3.8, 4) is 0 Å². The molecular formula is C14H20FNO2. The Kier molecular flexibility index (Phi) is 5.28. The van der Waals surface area contributed by atoms with Crippen molar-refractivity contribution in [2.24, 2.45) is 0 Å². The zero-order chi connectivity index (χ0) is 13.6. The van der Waals surface area contributed by atoms with Gasteiger partial charge in [0.25, 0.3) is 5.91 Å². The maximum atomic E-state index is 13.4. The molecular weight excluding hydrogens is 233 g/mol. The highest BCUT2D eigenvalue weighted by atomic mass is 19.1. The standard InChI is InChI=1S/C14H20FNO2/c1-14(2,15)13(18)16-10-12(8-9-17)11-6-4-3-5-7-11/h3-7,12,17H,8-10H2,1-2H3,(H,16,18). The topological polar surface area (TPSA) is 49.3 Å². The summed E-state index contributed by atoms with van der Waals surface area (Å²) in [6.45, 7) is 2.82. The van der Waals surface area contributed by atoms with Crippen molar-refractivity contribution in [2.45, 2.75) is 31.9 Å². The second kappa shape index (κ2) is 6.50. The summed E-state index contributed by atoms with van der Waals surface area (Å²) in [5.41, 5.74) is -0.844. The van der Waals surface area contributed by atoms with E-state index in [-0.39, 0.29) is 12.5 Å². The minimum atomic E-state index is -1.87. The van der Waals surface area contributed by atoms with Crippen LogP contribution in [0.3, 0.4) is 0 Å². The molecule has 0 radical (unpaired) electrons. The smallest absolute Gasteiger partial charge is 0.257 e. The zero-order valence-corrected chi connectivity index (χ0v) is 10.8. The molecule has 0 bridgehead atoms. The third-order valence-corrected chi connectivity index (χ3v) is 2.80. The number of aliphatic hydroxyl groups is 1. The summed E-state index contributed by atoms with van der Waals surface area (Å²) in [5.74, 6) is -0.621. The summed E-state index contributed by atoms with van der Waals surface area (Å²) in [6, 6.07) is 9.59. The van der Waals surface area contributed by atoms with Gasteiger partial charge in [0.05, 0.1) is 0 Å². The predicted octanol–water partition coefficient (Wildman–Crippen LogP) is 2.02. The summed E-state index contributed by atoms with van der Waals surface area (Å²) >= 11 is 0. The summed E-state index contributed by atoms with van der Waals surface area (Å²) in [4.78, 5) is 11.5. The molecule has 3 nitrogen and oxygen atoms in total. The Morgan fingerprint density at radius 3 is 2.50 bits per heavy atom. The number of hydrogen-bond donors (Lipinski definition) is 2. The van der Waals surface area contributed by atoms with Crippen molar-refractivity contribution in [1.82, 2.24) is 5.32 Å².